The van der Waals surface area contributed by atoms with E-state index in [-0.39, 0.29) is 18.8 Å². The van der Waals surface area contributed by atoms with Gasteiger partial charge in [-0.25, -0.2) is 0 Å². The molecule has 0 spiro atoms. The van der Waals surface area contributed by atoms with Gasteiger partial charge in [-0.1, -0.05) is 18.2 Å². The van der Waals surface area contributed by atoms with Gasteiger partial charge in [-0.05, 0) is 26.0 Å². The number of benzene rings is 1. The molecule has 0 bridgehead atoms. The van der Waals surface area contributed by atoms with Gasteiger partial charge < -0.3 is 5.11 Å². The molecule has 3 atom stereocenters. The molecular formula is C12H18O4P+. The van der Waals surface area contributed by atoms with E-state index in [2.05, 4.69) is 0 Å². The number of aliphatic hydroxyl groups excluding tert-OH is 1. The summed E-state index contributed by atoms with van der Waals surface area (Å²) in [6.45, 7) is 4.24. The molecule has 94 valence electrons. The summed E-state index contributed by atoms with van der Waals surface area (Å²) in [6, 6.07) is 9.68. The molecule has 0 saturated carbocycles. The van der Waals surface area contributed by atoms with E-state index in [4.69, 9.17) is 18.7 Å². The predicted molar refractivity (Wildman–Crippen MR) is 67.1 cm³/mol. The lowest BCUT2D eigenvalue weighted by molar-refractivity contribution is 0.103. The van der Waals surface area contributed by atoms with Gasteiger partial charge in [-0.15, -0.1) is 0 Å². The third-order valence-corrected chi connectivity index (χ3v) is 5.14. The van der Waals surface area contributed by atoms with Crippen molar-refractivity contribution in [2.75, 3.05) is 13.2 Å². The Bertz CT molecular complexity index is 359. The Balaban J connectivity index is 2.25. The van der Waals surface area contributed by atoms with Crippen molar-refractivity contribution in [2.45, 2.75) is 26.1 Å². The van der Waals surface area contributed by atoms with Crippen LogP contribution >= 0.6 is 7.94 Å². The highest BCUT2D eigenvalue weighted by Crippen LogP contribution is 2.65. The number of aliphatic hydroxyl groups is 1. The van der Waals surface area contributed by atoms with E-state index in [1.807, 2.05) is 37.3 Å². The molecule has 1 aliphatic rings. The van der Waals surface area contributed by atoms with Crippen LogP contribution in [0.4, 0.5) is 0 Å². The Morgan fingerprint density at radius 3 is 2.71 bits per heavy atom. The predicted octanol–water partition coefficient (Wildman–Crippen LogP) is 1.91. The summed E-state index contributed by atoms with van der Waals surface area (Å²) in [5.74, 6) is 0. The summed E-state index contributed by atoms with van der Waals surface area (Å²) in [5.41, 5.74) is 0. The summed E-state index contributed by atoms with van der Waals surface area (Å²) in [6.07, 6.45) is -0.275. The van der Waals surface area contributed by atoms with Crippen molar-refractivity contribution < 1.29 is 18.7 Å². The van der Waals surface area contributed by atoms with E-state index in [0.717, 1.165) is 5.30 Å². The summed E-state index contributed by atoms with van der Waals surface area (Å²) < 4.78 is 17.5. The van der Waals surface area contributed by atoms with Gasteiger partial charge in [0.15, 0.2) is 5.30 Å². The molecule has 1 aromatic rings. The van der Waals surface area contributed by atoms with E-state index in [0.29, 0.717) is 6.61 Å². The van der Waals surface area contributed by atoms with Crippen LogP contribution in [0.25, 0.3) is 0 Å². The first kappa shape index (κ1) is 12.9. The first-order chi connectivity index (χ1) is 8.16. The zero-order valence-corrected chi connectivity index (χ0v) is 11.0. The number of hydrogen-bond acceptors (Lipinski definition) is 4. The number of rotatable bonds is 4. The molecular weight excluding hydrogens is 239 g/mol. The second-order valence-electron chi connectivity index (χ2n) is 4.14. The van der Waals surface area contributed by atoms with Crippen molar-refractivity contribution in [3.05, 3.63) is 30.3 Å². The van der Waals surface area contributed by atoms with Gasteiger partial charge in [-0.2, -0.15) is 13.6 Å². The van der Waals surface area contributed by atoms with E-state index < -0.39 is 7.94 Å². The van der Waals surface area contributed by atoms with Crippen LogP contribution < -0.4 is 5.30 Å². The van der Waals surface area contributed by atoms with Gasteiger partial charge in [0.05, 0.1) is 6.61 Å². The van der Waals surface area contributed by atoms with Crippen molar-refractivity contribution in [1.82, 2.24) is 0 Å². The molecule has 1 saturated heterocycles. The number of hydrogen-bond donors (Lipinski definition) is 1. The van der Waals surface area contributed by atoms with Crippen molar-refractivity contribution in [1.29, 1.82) is 0 Å². The lowest BCUT2D eigenvalue weighted by atomic mass is 10.4. The highest BCUT2D eigenvalue weighted by Gasteiger charge is 2.56. The van der Waals surface area contributed by atoms with Gasteiger partial charge in [0.2, 0.25) is 0 Å². The summed E-state index contributed by atoms with van der Waals surface area (Å²) in [7, 11) is -2.49. The molecule has 1 aromatic carbocycles. The third kappa shape index (κ3) is 2.84. The van der Waals surface area contributed by atoms with E-state index in [1.165, 1.54) is 0 Å². The lowest BCUT2D eigenvalue weighted by Crippen LogP contribution is -2.21. The van der Waals surface area contributed by atoms with Crippen molar-refractivity contribution in [3.8, 4) is 0 Å². The fraction of sp³-hybridized carbons (Fsp3) is 0.500. The molecule has 1 fully saturated rings. The minimum atomic E-state index is -2.49. The maximum absolute atomic E-state index is 9.10. The average molecular weight is 257 g/mol. The molecule has 1 aliphatic heterocycles. The van der Waals surface area contributed by atoms with Crippen LogP contribution in [0, 0.1) is 0 Å². The first-order valence-electron chi connectivity index (χ1n) is 5.73. The normalized spacial score (nSPS) is 30.4. The zero-order valence-electron chi connectivity index (χ0n) is 10.1. The van der Waals surface area contributed by atoms with Crippen LogP contribution in [0.2, 0.25) is 0 Å². The molecule has 4 nitrogen and oxygen atoms in total. The van der Waals surface area contributed by atoms with Crippen LogP contribution in [0.3, 0.4) is 0 Å². The third-order valence-electron chi connectivity index (χ3n) is 2.45. The molecule has 1 heterocycles. The minimum absolute atomic E-state index is 0.0226. The Morgan fingerprint density at radius 2 is 2.18 bits per heavy atom. The molecule has 5 heteroatoms. The maximum atomic E-state index is 9.10. The summed E-state index contributed by atoms with van der Waals surface area (Å²) >= 11 is 0. The molecule has 0 radical (unpaired) electrons. The largest absolute Gasteiger partial charge is 0.449 e. The molecule has 2 rings (SSSR count). The molecule has 3 unspecified atom stereocenters. The average Bonchev–Trinajstić information content (AvgIpc) is 2.73. The lowest BCUT2D eigenvalue weighted by Gasteiger charge is -2.18. The van der Waals surface area contributed by atoms with Gasteiger partial charge in [0.1, 0.15) is 18.8 Å². The van der Waals surface area contributed by atoms with Crippen molar-refractivity contribution in [2.24, 2.45) is 0 Å². The van der Waals surface area contributed by atoms with Crippen molar-refractivity contribution in [3.63, 3.8) is 0 Å². The molecule has 17 heavy (non-hydrogen) atoms. The van der Waals surface area contributed by atoms with Gasteiger partial charge in [0, 0.05) is 0 Å². The molecule has 0 amide bonds. The Labute approximate surface area is 102 Å². The molecule has 0 aromatic heterocycles. The summed E-state index contributed by atoms with van der Waals surface area (Å²) in [4.78, 5) is 0. The van der Waals surface area contributed by atoms with Crippen LogP contribution in [-0.4, -0.2) is 30.5 Å². The zero-order chi connectivity index (χ0) is 12.3. The van der Waals surface area contributed by atoms with E-state index in [1.54, 1.807) is 6.92 Å². The summed E-state index contributed by atoms with van der Waals surface area (Å²) in [5, 5.41) is 10.0. The fourth-order valence-electron chi connectivity index (χ4n) is 1.63. The smallest absolute Gasteiger partial charge is 0.394 e. The molecule has 1 N–H and O–H groups in total. The Morgan fingerprint density at radius 1 is 1.47 bits per heavy atom. The molecule has 0 aliphatic carbocycles. The first-order valence-corrected chi connectivity index (χ1v) is 7.27. The van der Waals surface area contributed by atoms with Crippen LogP contribution in [-0.2, 0) is 13.6 Å². The van der Waals surface area contributed by atoms with Crippen LogP contribution in [0.15, 0.2) is 30.3 Å². The van der Waals surface area contributed by atoms with Crippen molar-refractivity contribution >= 4 is 13.2 Å². The van der Waals surface area contributed by atoms with Gasteiger partial charge >= 0.3 is 7.94 Å². The Hall–Kier alpha value is -0.510. The van der Waals surface area contributed by atoms with Gasteiger partial charge in [-0.3, -0.25) is 0 Å². The maximum Gasteiger partial charge on any atom is 0.449 e. The van der Waals surface area contributed by atoms with Gasteiger partial charge in [0.25, 0.3) is 0 Å². The second-order valence-corrected chi connectivity index (χ2v) is 6.33. The highest BCUT2D eigenvalue weighted by atomic mass is 31.2. The quantitative estimate of drug-likeness (QED) is 0.837. The van der Waals surface area contributed by atoms with E-state index in [9.17, 15) is 0 Å². The van der Waals surface area contributed by atoms with E-state index >= 15 is 0 Å². The Kier molecular flexibility index (Phi) is 4.13. The topological polar surface area (TPSA) is 47.9 Å². The van der Waals surface area contributed by atoms with Crippen LogP contribution in [0.1, 0.15) is 13.8 Å². The second kappa shape index (κ2) is 5.42. The SMILES string of the molecule is CC(CO)O[P+]1(c2ccccc2)OCC(C)O1. The minimum Gasteiger partial charge on any atom is -0.394 e. The monoisotopic (exact) mass is 257 g/mol. The van der Waals surface area contributed by atoms with Crippen LogP contribution in [0.5, 0.6) is 0 Å². The standard InChI is InChI=1S/C12H18O4P/c1-10(8-13)15-17(14-9-11(2)16-17)12-6-4-3-5-7-12/h3-7,10-11,13H,8-9H2,1-2H3/q+1. The fourth-order valence-corrected chi connectivity index (χ4v) is 4.22. The highest BCUT2D eigenvalue weighted by molar-refractivity contribution is 7.69.